The zero-order valence-electron chi connectivity index (χ0n) is 13.4. The Morgan fingerprint density at radius 2 is 2.26 bits per heavy atom. The van der Waals surface area contributed by atoms with Crippen molar-refractivity contribution in [2.75, 3.05) is 5.73 Å². The molecule has 6 N–H and O–H groups in total. The summed E-state index contributed by atoms with van der Waals surface area (Å²) in [6, 6.07) is 3.72. The highest BCUT2D eigenvalue weighted by Gasteiger charge is 2.19. The Morgan fingerprint density at radius 1 is 1.44 bits per heavy atom. The van der Waals surface area contributed by atoms with Crippen LogP contribution in [-0.2, 0) is 6.54 Å². The molecule has 27 heavy (non-hydrogen) atoms. The van der Waals surface area contributed by atoms with Crippen molar-refractivity contribution in [1.82, 2.24) is 31.3 Å². The number of nitrogens with two attached hydrogens (primary N) is 1. The third-order valence-electron chi connectivity index (χ3n) is 3.36. The van der Waals surface area contributed by atoms with Crippen LogP contribution in [0.15, 0.2) is 34.0 Å². The van der Waals surface area contributed by atoms with Crippen LogP contribution in [0.1, 0.15) is 21.7 Å². The number of anilines is 1. The van der Waals surface area contributed by atoms with Crippen LogP contribution >= 0.6 is 11.6 Å². The van der Waals surface area contributed by atoms with Gasteiger partial charge in [-0.3, -0.25) is 20.6 Å². The van der Waals surface area contributed by atoms with Gasteiger partial charge in [-0.2, -0.15) is 5.10 Å². The summed E-state index contributed by atoms with van der Waals surface area (Å²) >= 11 is 5.70. The van der Waals surface area contributed by atoms with Gasteiger partial charge in [0.25, 0.3) is 5.91 Å². The molecule has 0 saturated heterocycles. The van der Waals surface area contributed by atoms with Gasteiger partial charge in [-0.15, -0.1) is 0 Å². The van der Waals surface area contributed by atoms with E-state index in [1.807, 2.05) is 5.48 Å². The molecule has 0 spiro atoms. The van der Waals surface area contributed by atoms with E-state index in [1.165, 1.54) is 18.3 Å². The zero-order chi connectivity index (χ0) is 19.4. The average molecular weight is 395 g/mol. The highest BCUT2D eigenvalue weighted by molar-refractivity contribution is 6.31. The molecule has 1 amide bonds. The topological polar surface area (TPSA) is 167 Å². The molecule has 2 heterocycles. The molecule has 0 bridgehead atoms. The second-order valence-electron chi connectivity index (χ2n) is 5.11. The van der Waals surface area contributed by atoms with Gasteiger partial charge in [0.1, 0.15) is 22.9 Å². The summed E-state index contributed by atoms with van der Waals surface area (Å²) in [5.41, 5.74) is 8.01. The summed E-state index contributed by atoms with van der Waals surface area (Å²) in [4.78, 5) is 16.1. The number of benzene rings is 1. The number of carbonyl (C=O) groups excluding carboxylic acids is 1. The van der Waals surface area contributed by atoms with Gasteiger partial charge in [0.05, 0.1) is 23.5 Å². The maximum atomic E-state index is 13.2. The smallest absolute Gasteiger partial charge is 0.256 e. The van der Waals surface area contributed by atoms with Crippen molar-refractivity contribution in [3.05, 3.63) is 52.2 Å². The molecule has 140 valence electrons. The number of hydroxylamine groups is 1. The Morgan fingerprint density at radius 3 is 2.93 bits per heavy atom. The maximum Gasteiger partial charge on any atom is 0.256 e. The quantitative estimate of drug-likeness (QED) is 0.244. The number of H-pyrrole nitrogens is 1. The van der Waals surface area contributed by atoms with Crippen LogP contribution in [0.4, 0.5) is 15.9 Å². The molecule has 13 heteroatoms. The predicted molar refractivity (Wildman–Crippen MR) is 91.0 cm³/mol. The van der Waals surface area contributed by atoms with Crippen molar-refractivity contribution in [1.29, 1.82) is 0 Å². The van der Waals surface area contributed by atoms with Gasteiger partial charge < -0.3 is 11.1 Å². The normalized spacial score (nSPS) is 11.4. The number of aromatic nitrogens is 4. The maximum absolute atomic E-state index is 13.2. The van der Waals surface area contributed by atoms with Crippen molar-refractivity contribution in [2.45, 2.75) is 6.54 Å². The number of aromatic amines is 1. The summed E-state index contributed by atoms with van der Waals surface area (Å²) in [6.07, 6.45) is 1.27. The lowest BCUT2D eigenvalue weighted by Gasteiger charge is -2.05. The van der Waals surface area contributed by atoms with Gasteiger partial charge in [-0.1, -0.05) is 16.8 Å². The lowest BCUT2D eigenvalue weighted by molar-refractivity contribution is 0.0951. The van der Waals surface area contributed by atoms with E-state index in [2.05, 4.69) is 35.4 Å². The molecule has 0 aliphatic rings. The number of carbonyl (C=O) groups is 1. The number of nitrogen functional groups attached to an aromatic ring is 1. The average Bonchev–Trinajstić information content (AvgIpc) is 3.29. The molecule has 0 radical (unpaired) electrons. The largest absolute Gasteiger partial charge is 0.383 e. The molecule has 0 aliphatic heterocycles. The van der Waals surface area contributed by atoms with Crippen molar-refractivity contribution < 1.29 is 19.0 Å². The fourth-order valence-corrected chi connectivity index (χ4v) is 2.23. The first-order valence-corrected chi connectivity index (χ1v) is 7.70. The number of nitrogens with one attached hydrogen (secondary N) is 3. The lowest BCUT2D eigenvalue weighted by atomic mass is 10.2. The zero-order valence-corrected chi connectivity index (χ0v) is 14.2. The van der Waals surface area contributed by atoms with Crippen LogP contribution in [0.5, 0.6) is 0 Å². The number of halogens is 2. The van der Waals surface area contributed by atoms with Crippen LogP contribution in [0.2, 0.25) is 5.02 Å². The van der Waals surface area contributed by atoms with Crippen LogP contribution in [0.25, 0.3) is 0 Å². The first-order chi connectivity index (χ1) is 13.0. The fourth-order valence-electron chi connectivity index (χ4n) is 2.05. The Balaban J connectivity index is 1.79. The van der Waals surface area contributed by atoms with E-state index < -0.39 is 11.7 Å². The highest BCUT2D eigenvalue weighted by atomic mass is 35.5. The van der Waals surface area contributed by atoms with E-state index >= 15 is 0 Å². The number of hydrogen-bond donors (Lipinski definition) is 5. The van der Waals surface area contributed by atoms with Crippen LogP contribution < -0.4 is 16.5 Å². The second kappa shape index (κ2) is 7.80. The van der Waals surface area contributed by atoms with Crippen molar-refractivity contribution in [3.8, 4) is 0 Å². The molecule has 3 rings (SSSR count). The van der Waals surface area contributed by atoms with Crippen LogP contribution in [0.3, 0.4) is 0 Å². The summed E-state index contributed by atoms with van der Waals surface area (Å²) in [5.74, 6) is -1.15. The number of amides is 1. The molecule has 0 saturated carbocycles. The van der Waals surface area contributed by atoms with E-state index in [1.54, 1.807) is 0 Å². The van der Waals surface area contributed by atoms with Gasteiger partial charge in [0.2, 0.25) is 0 Å². The van der Waals surface area contributed by atoms with E-state index in [4.69, 9.17) is 17.3 Å². The second-order valence-corrected chi connectivity index (χ2v) is 5.52. The molecule has 3 aromatic rings. The third kappa shape index (κ3) is 4.02. The van der Waals surface area contributed by atoms with Gasteiger partial charge >= 0.3 is 0 Å². The summed E-state index contributed by atoms with van der Waals surface area (Å²) in [5, 5.41) is 25.2. The summed E-state index contributed by atoms with van der Waals surface area (Å²) in [7, 11) is 0. The minimum absolute atomic E-state index is 0.0263. The molecule has 0 fully saturated rings. The molecule has 1 aromatic carbocycles. The highest BCUT2D eigenvalue weighted by Crippen LogP contribution is 2.22. The molecule has 11 nitrogen and oxygen atoms in total. The molecule has 0 unspecified atom stereocenters. The number of hydrogen-bond acceptors (Lipinski definition) is 8. The number of aliphatic imine (C=N–C) groups is 1. The predicted octanol–water partition coefficient (Wildman–Crippen LogP) is 1.15. The Hall–Kier alpha value is -3.51. The van der Waals surface area contributed by atoms with Crippen molar-refractivity contribution in [3.63, 3.8) is 0 Å². The SMILES string of the molecule is Nc1[nH]ncc1C(=O)NCc1nonc1C(=Nc1ccc(F)c(Cl)c1)NO. The van der Waals surface area contributed by atoms with E-state index in [-0.39, 0.29) is 45.9 Å². The lowest BCUT2D eigenvalue weighted by Crippen LogP contribution is -2.27. The Labute approximate surface area is 155 Å². The first kappa shape index (κ1) is 18.3. The van der Waals surface area contributed by atoms with Gasteiger partial charge in [-0.05, 0) is 23.4 Å². The van der Waals surface area contributed by atoms with Crippen LogP contribution in [-0.4, -0.2) is 37.5 Å². The summed E-state index contributed by atoms with van der Waals surface area (Å²) < 4.78 is 17.9. The first-order valence-electron chi connectivity index (χ1n) is 7.32. The fraction of sp³-hybridized carbons (Fsp3) is 0.0714. The Kier molecular flexibility index (Phi) is 5.28. The molecular weight excluding hydrogens is 383 g/mol. The molecular formula is C14H12ClFN8O3. The third-order valence-corrected chi connectivity index (χ3v) is 3.65. The number of amidine groups is 1. The van der Waals surface area contributed by atoms with E-state index in [0.717, 1.165) is 6.07 Å². The van der Waals surface area contributed by atoms with Crippen molar-refractivity contribution in [2.24, 2.45) is 4.99 Å². The van der Waals surface area contributed by atoms with Crippen molar-refractivity contribution >= 4 is 34.8 Å². The van der Waals surface area contributed by atoms with Gasteiger partial charge in [-0.25, -0.2) is 14.0 Å². The van der Waals surface area contributed by atoms with Gasteiger partial charge in [0, 0.05) is 0 Å². The summed E-state index contributed by atoms with van der Waals surface area (Å²) in [6.45, 7) is -0.104. The van der Waals surface area contributed by atoms with Gasteiger partial charge in [0.15, 0.2) is 11.5 Å². The Bertz CT molecular complexity index is 1000. The monoisotopic (exact) mass is 394 g/mol. The standard InChI is InChI=1S/C14H12ClFN8O3/c15-8-3-6(1-2-9(8)16)20-13(22-26)11-10(23-27-24-11)5-18-14(25)7-4-19-21-12(7)17/h1-4,26H,5H2,(H,18,25)(H,20,22)(H3,17,19,21). The minimum Gasteiger partial charge on any atom is -0.383 e. The number of nitrogens with zero attached hydrogens (tertiary/aromatic N) is 4. The van der Waals surface area contributed by atoms with E-state index in [0.29, 0.717) is 0 Å². The molecule has 2 aromatic heterocycles. The van der Waals surface area contributed by atoms with Crippen LogP contribution in [0, 0.1) is 5.82 Å². The molecule has 0 atom stereocenters. The number of rotatable bonds is 5. The minimum atomic E-state index is -0.612. The molecule has 0 aliphatic carbocycles. The van der Waals surface area contributed by atoms with E-state index in [9.17, 15) is 14.4 Å².